The van der Waals surface area contributed by atoms with Crippen molar-refractivity contribution in [3.63, 3.8) is 0 Å². The van der Waals surface area contributed by atoms with Crippen molar-refractivity contribution in [2.75, 3.05) is 13.7 Å². The number of benzene rings is 2. The van der Waals surface area contributed by atoms with E-state index in [1.54, 1.807) is 20.1 Å². The second kappa shape index (κ2) is 5.52. The maximum absolute atomic E-state index is 12.2. The van der Waals surface area contributed by atoms with Gasteiger partial charge in [0.1, 0.15) is 11.4 Å². The molecule has 5 nitrogen and oxygen atoms in total. The number of ether oxygens (including phenoxy) is 1. The first kappa shape index (κ1) is 14.1. The number of hydrogen-bond donors (Lipinski definition) is 1. The van der Waals surface area contributed by atoms with E-state index in [0.29, 0.717) is 12.3 Å². The van der Waals surface area contributed by atoms with Gasteiger partial charge in [-0.1, -0.05) is 30.3 Å². The predicted molar refractivity (Wildman–Crippen MR) is 84.4 cm³/mol. The Morgan fingerprint density at radius 1 is 1.18 bits per heavy atom. The van der Waals surface area contributed by atoms with Crippen LogP contribution in [0.3, 0.4) is 0 Å². The first-order valence-corrected chi connectivity index (χ1v) is 7.06. The molecule has 1 aliphatic rings. The summed E-state index contributed by atoms with van der Waals surface area (Å²) in [6.45, 7) is 2.10. The Morgan fingerprint density at radius 3 is 2.64 bits per heavy atom. The molecule has 0 bridgehead atoms. The van der Waals surface area contributed by atoms with Crippen molar-refractivity contribution in [2.24, 2.45) is 0 Å². The maximum Gasteiger partial charge on any atom is 0.328 e. The van der Waals surface area contributed by atoms with Crippen LogP contribution in [0.25, 0.3) is 16.8 Å². The van der Waals surface area contributed by atoms with Crippen molar-refractivity contribution < 1.29 is 14.3 Å². The second-order valence-electron chi connectivity index (χ2n) is 4.94. The number of carbonyl (C=O) groups is 2. The van der Waals surface area contributed by atoms with Crippen LogP contribution >= 0.6 is 0 Å². The Hall–Kier alpha value is -2.82. The van der Waals surface area contributed by atoms with Crippen molar-refractivity contribution in [1.29, 1.82) is 0 Å². The van der Waals surface area contributed by atoms with Gasteiger partial charge in [0.25, 0.3) is 5.91 Å². The van der Waals surface area contributed by atoms with Crippen LogP contribution in [0.4, 0.5) is 4.79 Å². The van der Waals surface area contributed by atoms with Gasteiger partial charge in [0.15, 0.2) is 0 Å². The molecule has 0 radical (unpaired) electrons. The number of nitrogens with zero attached hydrogens (tertiary/aromatic N) is 1. The van der Waals surface area contributed by atoms with Gasteiger partial charge in [-0.25, -0.2) is 4.79 Å². The van der Waals surface area contributed by atoms with Crippen LogP contribution in [0.5, 0.6) is 5.75 Å². The van der Waals surface area contributed by atoms with Gasteiger partial charge >= 0.3 is 6.03 Å². The molecule has 1 aliphatic heterocycles. The highest BCUT2D eigenvalue weighted by Crippen LogP contribution is 2.30. The van der Waals surface area contributed by atoms with Crippen molar-refractivity contribution >= 4 is 28.8 Å². The lowest BCUT2D eigenvalue weighted by molar-refractivity contribution is -0.122. The fraction of sp³-hybridized carbons (Fsp3) is 0.176. The highest BCUT2D eigenvalue weighted by Gasteiger charge is 2.32. The molecule has 0 saturated carbocycles. The van der Waals surface area contributed by atoms with Gasteiger partial charge in [0, 0.05) is 12.1 Å². The number of methoxy groups -OCH3 is 1. The smallest absolute Gasteiger partial charge is 0.328 e. The maximum atomic E-state index is 12.2. The van der Waals surface area contributed by atoms with Gasteiger partial charge < -0.3 is 10.1 Å². The third-order valence-electron chi connectivity index (χ3n) is 3.72. The normalized spacial score (nSPS) is 16.5. The number of hydrogen-bond acceptors (Lipinski definition) is 3. The van der Waals surface area contributed by atoms with Crippen LogP contribution in [-0.4, -0.2) is 30.5 Å². The quantitative estimate of drug-likeness (QED) is 0.700. The molecule has 1 saturated heterocycles. The van der Waals surface area contributed by atoms with Gasteiger partial charge in [0.05, 0.1) is 7.11 Å². The lowest BCUT2D eigenvalue weighted by Gasteiger charge is -2.09. The average Bonchev–Trinajstić information content (AvgIpc) is 2.81. The van der Waals surface area contributed by atoms with E-state index in [9.17, 15) is 9.59 Å². The van der Waals surface area contributed by atoms with Gasteiger partial charge in [0.2, 0.25) is 0 Å². The van der Waals surface area contributed by atoms with Crippen LogP contribution in [-0.2, 0) is 4.79 Å². The lowest BCUT2D eigenvalue weighted by atomic mass is 10.0. The topological polar surface area (TPSA) is 58.6 Å². The zero-order chi connectivity index (χ0) is 15.7. The lowest BCUT2D eigenvalue weighted by Crippen LogP contribution is -2.30. The molecule has 1 N–H and O–H groups in total. The standard InChI is InChI=1S/C17H16N2O3/c1-3-19-16(20)14(18-17(19)21)10-13-12-7-5-4-6-11(12)8-9-15(13)22-2/h4-10H,3H2,1-2H3,(H,18,21)/b14-10+. The molecule has 22 heavy (non-hydrogen) atoms. The molecule has 0 unspecified atom stereocenters. The predicted octanol–water partition coefficient (Wildman–Crippen LogP) is 2.76. The minimum atomic E-state index is -0.391. The van der Waals surface area contributed by atoms with Crippen LogP contribution < -0.4 is 10.1 Å². The number of amides is 3. The molecule has 5 heteroatoms. The van der Waals surface area contributed by atoms with Crippen molar-refractivity contribution in [2.45, 2.75) is 6.92 Å². The number of urea groups is 1. The Labute approximate surface area is 128 Å². The third-order valence-corrected chi connectivity index (χ3v) is 3.72. The Bertz CT molecular complexity index is 796. The number of fused-ring (bicyclic) bond motifs is 1. The van der Waals surface area contributed by atoms with E-state index in [2.05, 4.69) is 5.32 Å². The fourth-order valence-corrected chi connectivity index (χ4v) is 2.61. The Balaban J connectivity index is 2.16. The first-order valence-electron chi connectivity index (χ1n) is 7.06. The summed E-state index contributed by atoms with van der Waals surface area (Å²) < 4.78 is 5.40. The molecule has 0 atom stereocenters. The highest BCUT2D eigenvalue weighted by atomic mass is 16.5. The molecule has 0 aromatic heterocycles. The number of rotatable bonds is 3. The van der Waals surface area contributed by atoms with E-state index in [1.807, 2.05) is 36.4 Å². The number of nitrogens with one attached hydrogen (secondary N) is 1. The molecule has 112 valence electrons. The van der Waals surface area contributed by atoms with Gasteiger partial charge in [-0.05, 0) is 29.8 Å². The summed E-state index contributed by atoms with van der Waals surface area (Å²) in [4.78, 5) is 25.1. The third kappa shape index (κ3) is 2.20. The summed E-state index contributed by atoms with van der Waals surface area (Å²) in [5.74, 6) is 0.339. The summed E-state index contributed by atoms with van der Waals surface area (Å²) >= 11 is 0. The molecule has 3 rings (SSSR count). The summed E-state index contributed by atoms with van der Waals surface area (Å²) in [5, 5.41) is 4.62. The van der Waals surface area contributed by atoms with E-state index in [1.165, 1.54) is 4.90 Å². The van der Waals surface area contributed by atoms with Crippen LogP contribution in [0.15, 0.2) is 42.1 Å². The average molecular weight is 296 g/mol. The van der Waals surface area contributed by atoms with E-state index in [-0.39, 0.29) is 11.6 Å². The summed E-state index contributed by atoms with van der Waals surface area (Å²) in [5.41, 5.74) is 1.05. The molecular formula is C17H16N2O3. The summed E-state index contributed by atoms with van der Waals surface area (Å²) in [7, 11) is 1.58. The molecule has 2 aromatic rings. The number of likely N-dealkylation sites (N-methyl/N-ethyl adjacent to an activating group) is 1. The Kier molecular flexibility index (Phi) is 3.55. The van der Waals surface area contributed by atoms with E-state index < -0.39 is 6.03 Å². The minimum Gasteiger partial charge on any atom is -0.496 e. The number of imide groups is 1. The second-order valence-corrected chi connectivity index (χ2v) is 4.94. The highest BCUT2D eigenvalue weighted by molar-refractivity contribution is 6.14. The number of carbonyl (C=O) groups excluding carboxylic acids is 2. The zero-order valence-corrected chi connectivity index (χ0v) is 12.4. The zero-order valence-electron chi connectivity index (χ0n) is 12.4. The van der Waals surface area contributed by atoms with Crippen LogP contribution in [0.2, 0.25) is 0 Å². The largest absolute Gasteiger partial charge is 0.496 e. The molecule has 2 aromatic carbocycles. The van der Waals surface area contributed by atoms with Crippen LogP contribution in [0, 0.1) is 0 Å². The van der Waals surface area contributed by atoms with Gasteiger partial charge in [-0.3, -0.25) is 9.69 Å². The first-order chi connectivity index (χ1) is 10.7. The molecule has 0 aliphatic carbocycles. The monoisotopic (exact) mass is 296 g/mol. The van der Waals surface area contributed by atoms with Gasteiger partial charge in [-0.2, -0.15) is 0 Å². The molecule has 3 amide bonds. The van der Waals surface area contributed by atoms with E-state index in [4.69, 9.17) is 4.74 Å². The van der Waals surface area contributed by atoms with Crippen molar-refractivity contribution in [3.05, 3.63) is 47.7 Å². The Morgan fingerprint density at radius 2 is 1.95 bits per heavy atom. The minimum absolute atomic E-state index is 0.265. The molecular weight excluding hydrogens is 280 g/mol. The summed E-state index contributed by atoms with van der Waals surface area (Å²) in [6.07, 6.45) is 1.68. The molecule has 1 fully saturated rings. The summed E-state index contributed by atoms with van der Waals surface area (Å²) in [6, 6.07) is 11.3. The fourth-order valence-electron chi connectivity index (χ4n) is 2.61. The van der Waals surface area contributed by atoms with Gasteiger partial charge in [-0.15, -0.1) is 0 Å². The SMILES string of the molecule is CCN1C(=O)N/C(=C/c2c(OC)ccc3ccccc23)C1=O. The van der Waals surface area contributed by atoms with Crippen molar-refractivity contribution in [3.8, 4) is 5.75 Å². The molecule has 1 heterocycles. The van der Waals surface area contributed by atoms with E-state index in [0.717, 1.165) is 16.3 Å². The molecule has 0 spiro atoms. The van der Waals surface area contributed by atoms with Crippen LogP contribution in [0.1, 0.15) is 12.5 Å². The van der Waals surface area contributed by atoms with E-state index >= 15 is 0 Å². The van der Waals surface area contributed by atoms with Crippen molar-refractivity contribution in [1.82, 2.24) is 10.2 Å².